The van der Waals surface area contributed by atoms with Gasteiger partial charge in [0.25, 0.3) is 0 Å². The zero-order valence-corrected chi connectivity index (χ0v) is 8.58. The van der Waals surface area contributed by atoms with Gasteiger partial charge in [0, 0.05) is 18.8 Å². The number of hydrogen-bond donors (Lipinski definition) is 0. The Morgan fingerprint density at radius 1 is 1.46 bits per heavy atom. The van der Waals surface area contributed by atoms with Crippen molar-refractivity contribution in [2.45, 2.75) is 13.8 Å². The fourth-order valence-electron chi connectivity index (χ4n) is 0.810. The van der Waals surface area contributed by atoms with Gasteiger partial charge in [-0.05, 0) is 13.8 Å². The van der Waals surface area contributed by atoms with Crippen LogP contribution < -0.4 is 0 Å². The van der Waals surface area contributed by atoms with Gasteiger partial charge in [0.15, 0.2) is 0 Å². The van der Waals surface area contributed by atoms with Crippen LogP contribution in [0.25, 0.3) is 0 Å². The molecule has 0 bridgehead atoms. The molecule has 0 aliphatic rings. The summed E-state index contributed by atoms with van der Waals surface area (Å²) < 4.78 is 1.71. The molecule has 1 heterocycles. The standard InChI is InChI=1S/C8H11ClN4/c1-6(11-12-7(2)9)8-4-10-13(3)5-8/h4-5H,1-3H3/b11-6+,12-7+. The maximum atomic E-state index is 5.54. The molecule has 1 aromatic rings. The lowest BCUT2D eigenvalue weighted by atomic mass is 10.2. The van der Waals surface area contributed by atoms with Crippen LogP contribution >= 0.6 is 11.6 Å². The van der Waals surface area contributed by atoms with Crippen molar-refractivity contribution in [1.29, 1.82) is 0 Å². The van der Waals surface area contributed by atoms with Gasteiger partial charge in [-0.2, -0.15) is 10.2 Å². The van der Waals surface area contributed by atoms with Crippen molar-refractivity contribution in [3.05, 3.63) is 18.0 Å². The second-order valence-corrected chi connectivity index (χ2v) is 3.23. The molecule has 0 aliphatic heterocycles. The summed E-state index contributed by atoms with van der Waals surface area (Å²) in [5.41, 5.74) is 1.75. The van der Waals surface area contributed by atoms with Gasteiger partial charge in [0.1, 0.15) is 5.17 Å². The molecular weight excluding hydrogens is 188 g/mol. The Hall–Kier alpha value is -1.16. The summed E-state index contributed by atoms with van der Waals surface area (Å²) in [6, 6.07) is 0. The maximum Gasteiger partial charge on any atom is 0.125 e. The normalized spacial score (nSPS) is 13.5. The van der Waals surface area contributed by atoms with E-state index < -0.39 is 0 Å². The van der Waals surface area contributed by atoms with E-state index in [-0.39, 0.29) is 0 Å². The summed E-state index contributed by atoms with van der Waals surface area (Å²) in [7, 11) is 1.85. The number of hydrogen-bond acceptors (Lipinski definition) is 3. The first-order valence-electron chi connectivity index (χ1n) is 3.83. The van der Waals surface area contributed by atoms with Crippen LogP contribution in [0, 0.1) is 0 Å². The fourth-order valence-corrected chi connectivity index (χ4v) is 0.847. The zero-order valence-electron chi connectivity index (χ0n) is 7.82. The summed E-state index contributed by atoms with van der Waals surface area (Å²) in [6.07, 6.45) is 3.61. The molecule has 0 aromatic carbocycles. The van der Waals surface area contributed by atoms with Gasteiger partial charge in [-0.1, -0.05) is 11.6 Å². The van der Waals surface area contributed by atoms with E-state index >= 15 is 0 Å². The average Bonchev–Trinajstić information content (AvgIpc) is 2.47. The van der Waals surface area contributed by atoms with E-state index in [1.165, 1.54) is 0 Å². The summed E-state index contributed by atoms with van der Waals surface area (Å²) >= 11 is 5.54. The van der Waals surface area contributed by atoms with Gasteiger partial charge in [0.2, 0.25) is 0 Å². The Morgan fingerprint density at radius 2 is 2.15 bits per heavy atom. The highest BCUT2D eigenvalue weighted by molar-refractivity contribution is 6.64. The van der Waals surface area contributed by atoms with Crippen molar-refractivity contribution in [2.75, 3.05) is 0 Å². The lowest BCUT2D eigenvalue weighted by Crippen LogP contribution is -1.91. The van der Waals surface area contributed by atoms with Gasteiger partial charge in [-0.3, -0.25) is 4.68 Å². The molecule has 0 saturated heterocycles. The zero-order chi connectivity index (χ0) is 9.84. The quantitative estimate of drug-likeness (QED) is 0.528. The van der Waals surface area contributed by atoms with Gasteiger partial charge in [0.05, 0.1) is 11.9 Å². The Labute approximate surface area is 81.9 Å². The van der Waals surface area contributed by atoms with Crippen molar-refractivity contribution in [1.82, 2.24) is 9.78 Å². The number of aryl methyl sites for hydroxylation is 1. The minimum atomic E-state index is 0.420. The van der Waals surface area contributed by atoms with Crippen LogP contribution in [0.4, 0.5) is 0 Å². The molecule has 4 nitrogen and oxygen atoms in total. The van der Waals surface area contributed by atoms with Crippen LogP contribution in [-0.2, 0) is 7.05 Å². The third kappa shape index (κ3) is 2.99. The third-order valence-electron chi connectivity index (χ3n) is 1.46. The van der Waals surface area contributed by atoms with Gasteiger partial charge >= 0.3 is 0 Å². The van der Waals surface area contributed by atoms with E-state index in [4.69, 9.17) is 11.6 Å². The van der Waals surface area contributed by atoms with E-state index in [2.05, 4.69) is 15.3 Å². The lowest BCUT2D eigenvalue weighted by molar-refractivity contribution is 0.767. The lowest BCUT2D eigenvalue weighted by Gasteiger charge is -1.90. The second-order valence-electron chi connectivity index (χ2n) is 2.69. The minimum Gasteiger partial charge on any atom is -0.275 e. The monoisotopic (exact) mass is 198 g/mol. The highest BCUT2D eigenvalue weighted by Crippen LogP contribution is 1.99. The SMILES string of the molecule is C/C(Cl)=N\N=C(/C)c1cnn(C)c1. The molecular formula is C8H11ClN4. The van der Waals surface area contributed by atoms with E-state index in [9.17, 15) is 0 Å². The highest BCUT2D eigenvalue weighted by Gasteiger charge is 1.98. The Morgan fingerprint density at radius 3 is 2.62 bits per heavy atom. The number of nitrogens with zero attached hydrogens (tertiary/aromatic N) is 4. The first-order chi connectivity index (χ1) is 6.09. The third-order valence-corrected chi connectivity index (χ3v) is 1.54. The Bertz CT molecular complexity index is 347. The molecule has 1 rings (SSSR count). The molecule has 0 fully saturated rings. The van der Waals surface area contributed by atoms with Crippen LogP contribution in [0.1, 0.15) is 19.4 Å². The maximum absolute atomic E-state index is 5.54. The summed E-state index contributed by atoms with van der Waals surface area (Å²) in [4.78, 5) is 0. The molecule has 0 aliphatic carbocycles. The topological polar surface area (TPSA) is 42.5 Å². The van der Waals surface area contributed by atoms with Crippen molar-refractivity contribution in [3.8, 4) is 0 Å². The smallest absolute Gasteiger partial charge is 0.125 e. The largest absolute Gasteiger partial charge is 0.275 e. The molecule has 0 unspecified atom stereocenters. The van der Waals surface area contributed by atoms with Gasteiger partial charge in [-0.25, -0.2) is 0 Å². The van der Waals surface area contributed by atoms with E-state index in [1.807, 2.05) is 20.2 Å². The first-order valence-corrected chi connectivity index (χ1v) is 4.21. The number of halogens is 1. The molecule has 0 amide bonds. The van der Waals surface area contributed by atoms with Crippen LogP contribution in [0.15, 0.2) is 22.6 Å². The van der Waals surface area contributed by atoms with E-state index in [0.29, 0.717) is 5.17 Å². The minimum absolute atomic E-state index is 0.420. The summed E-state index contributed by atoms with van der Waals surface area (Å²) in [5, 5.41) is 12.1. The van der Waals surface area contributed by atoms with Crippen LogP contribution in [0.2, 0.25) is 0 Å². The van der Waals surface area contributed by atoms with Crippen molar-refractivity contribution < 1.29 is 0 Å². The van der Waals surface area contributed by atoms with Crippen LogP contribution in [0.5, 0.6) is 0 Å². The van der Waals surface area contributed by atoms with Crippen molar-refractivity contribution >= 4 is 22.5 Å². The van der Waals surface area contributed by atoms with Gasteiger partial charge < -0.3 is 0 Å². The molecule has 0 N–H and O–H groups in total. The van der Waals surface area contributed by atoms with Crippen LogP contribution in [0.3, 0.4) is 0 Å². The van der Waals surface area contributed by atoms with Crippen molar-refractivity contribution in [3.63, 3.8) is 0 Å². The highest BCUT2D eigenvalue weighted by atomic mass is 35.5. The molecule has 0 radical (unpaired) electrons. The van der Waals surface area contributed by atoms with Gasteiger partial charge in [-0.15, -0.1) is 5.10 Å². The molecule has 0 saturated carbocycles. The van der Waals surface area contributed by atoms with E-state index in [1.54, 1.807) is 17.8 Å². The first kappa shape index (κ1) is 9.92. The van der Waals surface area contributed by atoms with E-state index in [0.717, 1.165) is 11.3 Å². The molecule has 70 valence electrons. The summed E-state index contributed by atoms with van der Waals surface area (Å²) in [5.74, 6) is 0. The number of rotatable bonds is 2. The molecule has 5 heteroatoms. The predicted molar refractivity (Wildman–Crippen MR) is 54.4 cm³/mol. The predicted octanol–water partition coefficient (Wildman–Crippen LogP) is 1.80. The molecule has 0 spiro atoms. The Kier molecular flexibility index (Phi) is 3.19. The average molecular weight is 199 g/mol. The second kappa shape index (κ2) is 4.18. The van der Waals surface area contributed by atoms with Crippen molar-refractivity contribution in [2.24, 2.45) is 17.3 Å². The molecule has 1 aromatic heterocycles. The Balaban J connectivity index is 2.85. The molecule has 0 atom stereocenters. The van der Waals surface area contributed by atoms with Crippen LogP contribution in [-0.4, -0.2) is 20.7 Å². The molecule has 13 heavy (non-hydrogen) atoms. The fraction of sp³-hybridized carbons (Fsp3) is 0.375. The summed E-state index contributed by atoms with van der Waals surface area (Å²) in [6.45, 7) is 3.54. The number of aromatic nitrogens is 2.